The first kappa shape index (κ1) is 18.1. The van der Waals surface area contributed by atoms with Crippen molar-refractivity contribution >= 4 is 5.91 Å². The van der Waals surface area contributed by atoms with Gasteiger partial charge in [0.15, 0.2) is 0 Å². The summed E-state index contributed by atoms with van der Waals surface area (Å²) < 4.78 is 19.1. The predicted molar refractivity (Wildman–Crippen MR) is 102 cm³/mol. The van der Waals surface area contributed by atoms with Crippen LogP contribution in [0.2, 0.25) is 0 Å². The third kappa shape index (κ3) is 4.04. The van der Waals surface area contributed by atoms with Crippen molar-refractivity contribution in [3.8, 4) is 0 Å². The summed E-state index contributed by atoms with van der Waals surface area (Å²) in [4.78, 5) is 15.2. The van der Waals surface area contributed by atoms with E-state index in [1.165, 1.54) is 17.7 Å². The summed E-state index contributed by atoms with van der Waals surface area (Å²) in [5.41, 5.74) is 3.35. The third-order valence-electron chi connectivity index (χ3n) is 5.46. The number of hydrogen-bond acceptors (Lipinski definition) is 3. The standard InChI is InChI=1S/C22H25FN2O2/c23-19-7-5-18(6-8-19)22-20-4-2-1-3-17(20)9-11-25(22)21(26)13-16-14-24-10-12-27-15-16/h1-8,16,22,24H,9-15H2/t16-,22+/m0/s1. The molecule has 2 aliphatic rings. The summed E-state index contributed by atoms with van der Waals surface area (Å²) >= 11 is 0. The number of amides is 1. The fourth-order valence-electron chi connectivity index (χ4n) is 4.09. The van der Waals surface area contributed by atoms with Gasteiger partial charge in [0.1, 0.15) is 5.82 Å². The SMILES string of the molecule is O=C(C[C@H]1CNCCOC1)N1CCc2ccccc2[C@H]1c1ccc(F)cc1. The number of benzene rings is 2. The van der Waals surface area contributed by atoms with E-state index in [4.69, 9.17) is 4.74 Å². The molecule has 0 unspecified atom stereocenters. The predicted octanol–water partition coefficient (Wildman–Crippen LogP) is 2.93. The average Bonchev–Trinajstić information content (AvgIpc) is 2.96. The Hall–Kier alpha value is -2.24. The molecule has 2 aromatic rings. The van der Waals surface area contributed by atoms with E-state index in [0.29, 0.717) is 26.2 Å². The molecule has 1 saturated heterocycles. The Bertz CT molecular complexity index is 785. The molecule has 1 fully saturated rings. The molecule has 4 nitrogen and oxygen atoms in total. The van der Waals surface area contributed by atoms with Gasteiger partial charge in [-0.05, 0) is 35.2 Å². The van der Waals surface area contributed by atoms with Gasteiger partial charge in [0, 0.05) is 32.0 Å². The average molecular weight is 368 g/mol. The minimum Gasteiger partial charge on any atom is -0.380 e. The zero-order valence-corrected chi connectivity index (χ0v) is 15.4. The highest BCUT2D eigenvalue weighted by Crippen LogP contribution is 2.36. The smallest absolute Gasteiger partial charge is 0.223 e. The molecule has 2 aliphatic heterocycles. The van der Waals surface area contributed by atoms with Crippen molar-refractivity contribution < 1.29 is 13.9 Å². The molecule has 2 aromatic carbocycles. The van der Waals surface area contributed by atoms with Crippen LogP contribution in [-0.2, 0) is 16.0 Å². The number of ether oxygens (including phenoxy) is 1. The molecule has 2 heterocycles. The van der Waals surface area contributed by atoms with Crippen molar-refractivity contribution in [3.63, 3.8) is 0 Å². The quantitative estimate of drug-likeness (QED) is 0.906. The van der Waals surface area contributed by atoms with Gasteiger partial charge in [0.25, 0.3) is 0 Å². The van der Waals surface area contributed by atoms with Gasteiger partial charge in [-0.15, -0.1) is 0 Å². The summed E-state index contributed by atoms with van der Waals surface area (Å²) in [5.74, 6) is 0.0598. The largest absolute Gasteiger partial charge is 0.380 e. The van der Waals surface area contributed by atoms with Gasteiger partial charge in [0.2, 0.25) is 5.91 Å². The van der Waals surface area contributed by atoms with Gasteiger partial charge in [-0.3, -0.25) is 4.79 Å². The normalized spacial score (nSPS) is 22.8. The maximum atomic E-state index is 13.5. The maximum Gasteiger partial charge on any atom is 0.223 e. The van der Waals surface area contributed by atoms with Crippen LogP contribution in [0.4, 0.5) is 4.39 Å². The van der Waals surface area contributed by atoms with Gasteiger partial charge in [-0.2, -0.15) is 0 Å². The van der Waals surface area contributed by atoms with E-state index in [1.54, 1.807) is 12.1 Å². The van der Waals surface area contributed by atoms with Gasteiger partial charge in [-0.25, -0.2) is 4.39 Å². The number of nitrogens with zero attached hydrogens (tertiary/aromatic N) is 1. The van der Waals surface area contributed by atoms with Crippen molar-refractivity contribution in [2.45, 2.75) is 18.9 Å². The molecular weight excluding hydrogens is 343 g/mol. The van der Waals surface area contributed by atoms with Crippen LogP contribution >= 0.6 is 0 Å². The fourth-order valence-corrected chi connectivity index (χ4v) is 4.09. The first-order valence-corrected chi connectivity index (χ1v) is 9.63. The Morgan fingerprint density at radius 2 is 2.00 bits per heavy atom. The lowest BCUT2D eigenvalue weighted by molar-refractivity contribution is -0.134. The molecule has 27 heavy (non-hydrogen) atoms. The van der Waals surface area contributed by atoms with Crippen LogP contribution in [0.1, 0.15) is 29.2 Å². The molecule has 0 bridgehead atoms. The van der Waals surface area contributed by atoms with Crippen LogP contribution in [0.15, 0.2) is 48.5 Å². The number of rotatable bonds is 3. The Labute approximate surface area is 159 Å². The van der Waals surface area contributed by atoms with Crippen LogP contribution < -0.4 is 5.32 Å². The Kier molecular flexibility index (Phi) is 5.50. The summed E-state index contributed by atoms with van der Waals surface area (Å²) in [6, 6.07) is 14.6. The van der Waals surface area contributed by atoms with Gasteiger partial charge in [0.05, 0.1) is 19.3 Å². The van der Waals surface area contributed by atoms with E-state index in [-0.39, 0.29) is 23.7 Å². The topological polar surface area (TPSA) is 41.6 Å². The Balaban J connectivity index is 1.62. The van der Waals surface area contributed by atoms with Crippen molar-refractivity contribution in [2.24, 2.45) is 5.92 Å². The zero-order chi connectivity index (χ0) is 18.6. The number of carbonyl (C=O) groups is 1. The molecule has 1 amide bonds. The van der Waals surface area contributed by atoms with Gasteiger partial charge in [-0.1, -0.05) is 36.4 Å². The molecular formula is C22H25FN2O2. The minimum absolute atomic E-state index is 0.135. The van der Waals surface area contributed by atoms with Crippen molar-refractivity contribution in [1.29, 1.82) is 0 Å². The Morgan fingerprint density at radius 3 is 2.85 bits per heavy atom. The minimum atomic E-state index is -0.262. The van der Waals surface area contributed by atoms with Crippen molar-refractivity contribution in [3.05, 3.63) is 71.0 Å². The van der Waals surface area contributed by atoms with Crippen LogP contribution in [0.25, 0.3) is 0 Å². The second-order valence-electron chi connectivity index (χ2n) is 7.34. The first-order valence-electron chi connectivity index (χ1n) is 9.63. The summed E-state index contributed by atoms with van der Waals surface area (Å²) in [5, 5.41) is 3.33. The monoisotopic (exact) mass is 368 g/mol. The Morgan fingerprint density at radius 1 is 1.19 bits per heavy atom. The van der Waals surface area contributed by atoms with E-state index in [2.05, 4.69) is 17.4 Å². The molecule has 4 rings (SSSR count). The van der Waals surface area contributed by atoms with E-state index in [1.807, 2.05) is 17.0 Å². The van der Waals surface area contributed by atoms with Crippen LogP contribution in [0.3, 0.4) is 0 Å². The molecule has 142 valence electrons. The summed E-state index contributed by atoms with van der Waals surface area (Å²) in [6.45, 7) is 3.63. The van der Waals surface area contributed by atoms with Crippen LogP contribution in [-0.4, -0.2) is 43.7 Å². The summed E-state index contributed by atoms with van der Waals surface area (Å²) in [7, 11) is 0. The van der Waals surface area contributed by atoms with Gasteiger partial charge < -0.3 is 15.0 Å². The summed E-state index contributed by atoms with van der Waals surface area (Å²) in [6.07, 6.45) is 1.31. The molecule has 0 spiro atoms. The number of carbonyl (C=O) groups excluding carboxylic acids is 1. The first-order chi connectivity index (χ1) is 13.2. The van der Waals surface area contributed by atoms with Crippen LogP contribution in [0.5, 0.6) is 0 Å². The van der Waals surface area contributed by atoms with E-state index < -0.39 is 0 Å². The maximum absolute atomic E-state index is 13.5. The number of halogens is 1. The number of fused-ring (bicyclic) bond motifs is 1. The highest BCUT2D eigenvalue weighted by atomic mass is 19.1. The number of nitrogens with one attached hydrogen (secondary N) is 1. The fraction of sp³-hybridized carbons (Fsp3) is 0.409. The lowest BCUT2D eigenvalue weighted by atomic mass is 9.87. The molecule has 0 saturated carbocycles. The molecule has 0 aromatic heterocycles. The molecule has 0 radical (unpaired) electrons. The third-order valence-corrected chi connectivity index (χ3v) is 5.46. The molecule has 2 atom stereocenters. The van der Waals surface area contributed by atoms with Gasteiger partial charge >= 0.3 is 0 Å². The van der Waals surface area contributed by atoms with E-state index in [0.717, 1.165) is 30.6 Å². The molecule has 5 heteroatoms. The lowest BCUT2D eigenvalue weighted by Gasteiger charge is -2.38. The molecule has 1 N–H and O–H groups in total. The highest BCUT2D eigenvalue weighted by Gasteiger charge is 2.32. The van der Waals surface area contributed by atoms with Crippen molar-refractivity contribution in [1.82, 2.24) is 10.2 Å². The number of hydrogen-bond donors (Lipinski definition) is 1. The van der Waals surface area contributed by atoms with Crippen molar-refractivity contribution in [2.75, 3.05) is 32.8 Å². The second-order valence-corrected chi connectivity index (χ2v) is 7.34. The van der Waals surface area contributed by atoms with E-state index >= 15 is 0 Å². The second kappa shape index (κ2) is 8.19. The molecule has 0 aliphatic carbocycles. The lowest BCUT2D eigenvalue weighted by Crippen LogP contribution is -2.42. The zero-order valence-electron chi connectivity index (χ0n) is 15.4. The highest BCUT2D eigenvalue weighted by molar-refractivity contribution is 5.78. The van der Waals surface area contributed by atoms with Crippen LogP contribution in [0, 0.1) is 11.7 Å². The van der Waals surface area contributed by atoms with E-state index in [9.17, 15) is 9.18 Å².